The maximum Gasteiger partial charge on any atom is 0.264 e. The van der Waals surface area contributed by atoms with Crippen molar-refractivity contribution in [2.75, 3.05) is 10.8 Å². The lowest BCUT2D eigenvalue weighted by atomic mass is 10.1. The Hall–Kier alpha value is -3.07. The van der Waals surface area contributed by atoms with E-state index in [2.05, 4.69) is 5.32 Å². The van der Waals surface area contributed by atoms with Crippen molar-refractivity contribution in [3.63, 3.8) is 0 Å². The third kappa shape index (κ3) is 7.56. The molecule has 3 aromatic rings. The lowest BCUT2D eigenvalue weighted by molar-refractivity contribution is -0.139. The van der Waals surface area contributed by atoms with Gasteiger partial charge in [0.1, 0.15) is 12.6 Å². The molecule has 3 aromatic carbocycles. The van der Waals surface area contributed by atoms with Gasteiger partial charge in [-0.3, -0.25) is 13.9 Å². The molecule has 0 aromatic heterocycles. The van der Waals surface area contributed by atoms with Gasteiger partial charge in [0, 0.05) is 12.6 Å². The van der Waals surface area contributed by atoms with Crippen LogP contribution in [0.1, 0.15) is 43.9 Å². The number of carbonyl (C=O) groups is 2. The van der Waals surface area contributed by atoms with Gasteiger partial charge in [-0.25, -0.2) is 8.42 Å². The highest BCUT2D eigenvalue weighted by Crippen LogP contribution is 2.28. The van der Waals surface area contributed by atoms with Gasteiger partial charge in [-0.05, 0) is 75.6 Å². The van der Waals surface area contributed by atoms with Crippen LogP contribution in [0.15, 0.2) is 71.6 Å². The van der Waals surface area contributed by atoms with Crippen molar-refractivity contribution in [3.8, 4) is 0 Å². The molecule has 0 bridgehead atoms. The Morgan fingerprint density at radius 2 is 1.57 bits per heavy atom. The van der Waals surface area contributed by atoms with E-state index in [1.54, 1.807) is 68.4 Å². The smallest absolute Gasteiger partial charge is 0.264 e. The molecular formula is C30H35Cl2N3O4S. The van der Waals surface area contributed by atoms with Gasteiger partial charge < -0.3 is 10.2 Å². The zero-order valence-electron chi connectivity index (χ0n) is 23.3. The molecule has 0 heterocycles. The van der Waals surface area contributed by atoms with Crippen molar-refractivity contribution in [3.05, 3.63) is 93.5 Å². The molecule has 0 saturated heterocycles. The van der Waals surface area contributed by atoms with Gasteiger partial charge in [0.25, 0.3) is 10.0 Å². The first-order valence-corrected chi connectivity index (χ1v) is 15.2. The number of nitrogens with zero attached hydrogens (tertiary/aromatic N) is 2. The molecule has 0 fully saturated rings. The van der Waals surface area contributed by atoms with Gasteiger partial charge in [0.05, 0.1) is 20.6 Å². The Morgan fingerprint density at radius 3 is 2.17 bits per heavy atom. The molecular weight excluding hydrogens is 569 g/mol. The SMILES string of the molecule is CC[C@H](C)NC(=O)[C@@H](C)N(Cc1ccc(Cl)c(Cl)c1)C(=O)CN(c1ccccc1C)S(=O)(=O)c1ccc(C)cc1. The number of carbonyl (C=O) groups excluding carboxylic acids is 2. The summed E-state index contributed by atoms with van der Waals surface area (Å²) in [5.74, 6) is -0.886. The lowest BCUT2D eigenvalue weighted by Crippen LogP contribution is -2.52. The third-order valence-corrected chi connectivity index (χ3v) is 9.29. The molecule has 0 spiro atoms. The van der Waals surface area contributed by atoms with E-state index in [0.717, 1.165) is 16.3 Å². The summed E-state index contributed by atoms with van der Waals surface area (Å²) in [7, 11) is -4.13. The van der Waals surface area contributed by atoms with E-state index in [1.165, 1.54) is 17.0 Å². The molecule has 7 nitrogen and oxygen atoms in total. The number of para-hydroxylation sites is 1. The normalized spacial score (nSPS) is 12.9. The highest BCUT2D eigenvalue weighted by molar-refractivity contribution is 7.92. The van der Waals surface area contributed by atoms with Crippen LogP contribution in [-0.4, -0.2) is 43.8 Å². The van der Waals surface area contributed by atoms with Crippen molar-refractivity contribution >= 4 is 50.7 Å². The van der Waals surface area contributed by atoms with Gasteiger partial charge in [-0.2, -0.15) is 0 Å². The summed E-state index contributed by atoms with van der Waals surface area (Å²) in [6.45, 7) is 8.62. The van der Waals surface area contributed by atoms with Gasteiger partial charge in [0.2, 0.25) is 11.8 Å². The van der Waals surface area contributed by atoms with Crippen LogP contribution >= 0.6 is 23.2 Å². The highest BCUT2D eigenvalue weighted by atomic mass is 35.5. The lowest BCUT2D eigenvalue weighted by Gasteiger charge is -2.33. The highest BCUT2D eigenvalue weighted by Gasteiger charge is 2.33. The molecule has 40 heavy (non-hydrogen) atoms. The molecule has 0 saturated carbocycles. The first-order valence-electron chi connectivity index (χ1n) is 13.0. The van der Waals surface area contributed by atoms with Crippen molar-refractivity contribution < 1.29 is 18.0 Å². The fraction of sp³-hybridized carbons (Fsp3) is 0.333. The van der Waals surface area contributed by atoms with E-state index in [4.69, 9.17) is 23.2 Å². The second-order valence-electron chi connectivity index (χ2n) is 9.88. The summed E-state index contributed by atoms with van der Waals surface area (Å²) < 4.78 is 29.0. The minimum Gasteiger partial charge on any atom is -0.352 e. The van der Waals surface area contributed by atoms with Gasteiger partial charge in [-0.15, -0.1) is 0 Å². The van der Waals surface area contributed by atoms with E-state index < -0.39 is 28.5 Å². The second kappa shape index (κ2) is 13.5. The van der Waals surface area contributed by atoms with Crippen LogP contribution in [0.25, 0.3) is 0 Å². The molecule has 1 N–H and O–H groups in total. The Bertz CT molecular complexity index is 1460. The van der Waals surface area contributed by atoms with E-state index in [-0.39, 0.29) is 23.4 Å². The number of sulfonamides is 1. The summed E-state index contributed by atoms with van der Waals surface area (Å²) in [5.41, 5.74) is 2.62. The molecule has 0 aliphatic carbocycles. The van der Waals surface area contributed by atoms with Gasteiger partial charge in [0.15, 0.2) is 0 Å². The molecule has 10 heteroatoms. The van der Waals surface area contributed by atoms with Crippen LogP contribution in [0.5, 0.6) is 0 Å². The van der Waals surface area contributed by atoms with E-state index in [0.29, 0.717) is 26.9 Å². The molecule has 3 rings (SSSR count). The van der Waals surface area contributed by atoms with E-state index >= 15 is 0 Å². The summed E-state index contributed by atoms with van der Waals surface area (Å²) in [5, 5.41) is 3.59. The Balaban J connectivity index is 2.05. The van der Waals surface area contributed by atoms with Crippen molar-refractivity contribution in [1.82, 2.24) is 10.2 Å². The maximum absolute atomic E-state index is 14.0. The van der Waals surface area contributed by atoms with Crippen molar-refractivity contribution in [1.29, 1.82) is 0 Å². The van der Waals surface area contributed by atoms with E-state index in [1.807, 2.05) is 20.8 Å². The van der Waals surface area contributed by atoms with Gasteiger partial charge in [-0.1, -0.05) is 72.1 Å². The third-order valence-electron chi connectivity index (χ3n) is 6.78. The van der Waals surface area contributed by atoms with Crippen LogP contribution in [0.4, 0.5) is 5.69 Å². The number of aryl methyl sites for hydroxylation is 2. The fourth-order valence-electron chi connectivity index (χ4n) is 4.08. The van der Waals surface area contributed by atoms with E-state index in [9.17, 15) is 18.0 Å². The number of anilines is 1. The first-order chi connectivity index (χ1) is 18.8. The zero-order chi connectivity index (χ0) is 29.6. The second-order valence-corrected chi connectivity index (χ2v) is 12.6. The van der Waals surface area contributed by atoms with Crippen molar-refractivity contribution in [2.24, 2.45) is 0 Å². The average Bonchev–Trinajstić information content (AvgIpc) is 2.92. The minimum absolute atomic E-state index is 0.0248. The van der Waals surface area contributed by atoms with Crippen LogP contribution in [-0.2, 0) is 26.2 Å². The summed E-state index contributed by atoms with van der Waals surface area (Å²) >= 11 is 12.3. The zero-order valence-corrected chi connectivity index (χ0v) is 25.6. The summed E-state index contributed by atoms with van der Waals surface area (Å²) in [6, 6.07) is 17.4. The summed E-state index contributed by atoms with van der Waals surface area (Å²) in [6.07, 6.45) is 0.717. The quantitative estimate of drug-likeness (QED) is 0.285. The maximum atomic E-state index is 14.0. The van der Waals surface area contributed by atoms with Crippen LogP contribution in [0.3, 0.4) is 0 Å². The number of rotatable bonds is 11. The molecule has 0 aliphatic rings. The summed E-state index contributed by atoms with van der Waals surface area (Å²) in [4.78, 5) is 28.6. The Kier molecular flexibility index (Phi) is 10.6. The van der Waals surface area contributed by atoms with Crippen LogP contribution < -0.4 is 9.62 Å². The first kappa shape index (κ1) is 31.5. The topological polar surface area (TPSA) is 86.8 Å². The molecule has 0 radical (unpaired) electrons. The minimum atomic E-state index is -4.13. The molecule has 2 atom stereocenters. The average molecular weight is 605 g/mol. The van der Waals surface area contributed by atoms with Gasteiger partial charge >= 0.3 is 0 Å². The number of benzene rings is 3. The number of amides is 2. The molecule has 214 valence electrons. The largest absolute Gasteiger partial charge is 0.352 e. The van der Waals surface area contributed by atoms with Crippen molar-refractivity contribution in [2.45, 2.75) is 64.6 Å². The Labute approximate surface area is 247 Å². The predicted octanol–water partition coefficient (Wildman–Crippen LogP) is 6.14. The standard InChI is InChI=1S/C30H35Cl2N3O4S/c1-6-22(4)33-30(37)23(5)34(18-24-13-16-26(31)27(32)17-24)29(36)19-35(28-10-8-7-9-21(28)3)40(38,39)25-14-11-20(2)12-15-25/h7-17,22-23H,6,18-19H2,1-5H3,(H,33,37)/t22-,23+/m0/s1. The molecule has 2 amide bonds. The number of hydrogen-bond acceptors (Lipinski definition) is 4. The number of hydrogen-bond donors (Lipinski definition) is 1. The van der Waals surface area contributed by atoms with Crippen LogP contribution in [0.2, 0.25) is 10.0 Å². The molecule has 0 unspecified atom stereocenters. The Morgan fingerprint density at radius 1 is 0.925 bits per heavy atom. The number of halogens is 2. The fourth-order valence-corrected chi connectivity index (χ4v) is 5.88. The van der Waals surface area contributed by atoms with Crippen LogP contribution in [0, 0.1) is 13.8 Å². The molecule has 0 aliphatic heterocycles. The monoisotopic (exact) mass is 603 g/mol. The number of nitrogens with one attached hydrogen (secondary N) is 1. The predicted molar refractivity (Wildman–Crippen MR) is 161 cm³/mol.